The lowest BCUT2D eigenvalue weighted by Gasteiger charge is -2.11. The molecule has 0 aliphatic rings. The maximum atomic E-state index is 12.5. The van der Waals surface area contributed by atoms with Crippen molar-refractivity contribution >= 4 is 5.97 Å². The van der Waals surface area contributed by atoms with Crippen LogP contribution in [-0.2, 0) is 17.4 Å². The zero-order chi connectivity index (χ0) is 12.3. The second-order valence-electron chi connectivity index (χ2n) is 3.05. The third-order valence-corrected chi connectivity index (χ3v) is 1.89. The minimum atomic E-state index is -4.66. The predicted octanol–water partition coefficient (Wildman–Crippen LogP) is 2.20. The number of halogens is 3. The molecule has 0 bridgehead atoms. The molecular formula is C10H6F3NO2. The number of carboxylic acid groups (broad SMARTS) is 1. The van der Waals surface area contributed by atoms with E-state index in [1.54, 1.807) is 6.07 Å². The Labute approximate surface area is 88.7 Å². The Morgan fingerprint density at radius 1 is 1.44 bits per heavy atom. The van der Waals surface area contributed by atoms with Crippen molar-refractivity contribution in [3.05, 3.63) is 34.9 Å². The summed E-state index contributed by atoms with van der Waals surface area (Å²) in [5.41, 5.74) is -1.57. The molecule has 0 heterocycles. The number of carbonyl (C=O) groups is 1. The van der Waals surface area contributed by atoms with Gasteiger partial charge >= 0.3 is 12.1 Å². The van der Waals surface area contributed by atoms with E-state index in [2.05, 4.69) is 0 Å². The second-order valence-corrected chi connectivity index (χ2v) is 3.05. The van der Waals surface area contributed by atoms with Crippen LogP contribution in [0.5, 0.6) is 0 Å². The Bertz CT molecular complexity index is 460. The van der Waals surface area contributed by atoms with E-state index < -0.39 is 24.1 Å². The molecule has 0 saturated carbocycles. The molecular weight excluding hydrogens is 223 g/mol. The first-order valence-electron chi connectivity index (χ1n) is 4.16. The third kappa shape index (κ3) is 2.73. The fourth-order valence-electron chi connectivity index (χ4n) is 1.23. The molecule has 0 aliphatic carbocycles. The van der Waals surface area contributed by atoms with Crippen LogP contribution >= 0.6 is 0 Å². The third-order valence-electron chi connectivity index (χ3n) is 1.89. The van der Waals surface area contributed by atoms with Crippen molar-refractivity contribution in [1.29, 1.82) is 5.26 Å². The number of alkyl halides is 3. The SMILES string of the molecule is N#Cc1ccc(CC(=O)O)c(C(F)(F)F)c1. The van der Waals surface area contributed by atoms with Gasteiger partial charge in [-0.2, -0.15) is 18.4 Å². The number of benzene rings is 1. The molecule has 0 fully saturated rings. The van der Waals surface area contributed by atoms with Gasteiger partial charge in [0.15, 0.2) is 0 Å². The van der Waals surface area contributed by atoms with Crippen molar-refractivity contribution in [3.8, 4) is 6.07 Å². The molecule has 0 radical (unpaired) electrons. The number of hydrogen-bond donors (Lipinski definition) is 1. The van der Waals surface area contributed by atoms with Crippen LogP contribution < -0.4 is 0 Å². The normalized spacial score (nSPS) is 10.9. The second kappa shape index (κ2) is 4.23. The van der Waals surface area contributed by atoms with Gasteiger partial charge in [0.25, 0.3) is 0 Å². The first-order chi connectivity index (χ1) is 7.34. The molecule has 0 unspecified atom stereocenters. The summed E-state index contributed by atoms with van der Waals surface area (Å²) in [6.45, 7) is 0. The Morgan fingerprint density at radius 3 is 2.50 bits per heavy atom. The molecule has 1 aromatic carbocycles. The first-order valence-corrected chi connectivity index (χ1v) is 4.16. The average Bonchev–Trinajstić information content (AvgIpc) is 2.15. The molecule has 0 amide bonds. The van der Waals surface area contributed by atoms with Gasteiger partial charge in [-0.15, -0.1) is 0 Å². The molecule has 3 nitrogen and oxygen atoms in total. The highest BCUT2D eigenvalue weighted by Gasteiger charge is 2.33. The van der Waals surface area contributed by atoms with Crippen LogP contribution in [0.3, 0.4) is 0 Å². The molecule has 16 heavy (non-hydrogen) atoms. The summed E-state index contributed by atoms with van der Waals surface area (Å²) >= 11 is 0. The van der Waals surface area contributed by atoms with Gasteiger partial charge in [0.2, 0.25) is 0 Å². The lowest BCUT2D eigenvalue weighted by atomic mass is 10.0. The number of rotatable bonds is 2. The smallest absolute Gasteiger partial charge is 0.416 e. The molecule has 0 saturated heterocycles. The zero-order valence-corrected chi connectivity index (χ0v) is 7.88. The van der Waals surface area contributed by atoms with Crippen molar-refractivity contribution < 1.29 is 23.1 Å². The van der Waals surface area contributed by atoms with E-state index in [0.717, 1.165) is 12.1 Å². The summed E-state index contributed by atoms with van der Waals surface area (Å²) < 4.78 is 37.5. The lowest BCUT2D eigenvalue weighted by Crippen LogP contribution is -2.12. The Hall–Kier alpha value is -2.03. The largest absolute Gasteiger partial charge is 0.481 e. The summed E-state index contributed by atoms with van der Waals surface area (Å²) in [6, 6.07) is 4.39. The van der Waals surface area contributed by atoms with Crippen LogP contribution in [0.4, 0.5) is 13.2 Å². The van der Waals surface area contributed by atoms with Gasteiger partial charge < -0.3 is 5.11 Å². The van der Waals surface area contributed by atoms with Crippen molar-refractivity contribution in [2.45, 2.75) is 12.6 Å². The maximum absolute atomic E-state index is 12.5. The van der Waals surface area contributed by atoms with Gasteiger partial charge in [-0.1, -0.05) is 6.07 Å². The first kappa shape index (κ1) is 12.0. The Kier molecular flexibility index (Phi) is 3.18. The minimum Gasteiger partial charge on any atom is -0.481 e. The fraction of sp³-hybridized carbons (Fsp3) is 0.200. The predicted molar refractivity (Wildman–Crippen MR) is 47.5 cm³/mol. The molecule has 0 aromatic heterocycles. The summed E-state index contributed by atoms with van der Waals surface area (Å²) in [5.74, 6) is -1.35. The fourth-order valence-corrected chi connectivity index (χ4v) is 1.23. The van der Waals surface area contributed by atoms with Crippen molar-refractivity contribution in [3.63, 3.8) is 0 Å². The maximum Gasteiger partial charge on any atom is 0.416 e. The molecule has 84 valence electrons. The monoisotopic (exact) mass is 229 g/mol. The number of nitrogens with zero attached hydrogens (tertiary/aromatic N) is 1. The number of carboxylic acids is 1. The van der Waals surface area contributed by atoms with E-state index >= 15 is 0 Å². The lowest BCUT2D eigenvalue weighted by molar-refractivity contribution is -0.139. The molecule has 0 atom stereocenters. The Morgan fingerprint density at radius 2 is 2.06 bits per heavy atom. The quantitative estimate of drug-likeness (QED) is 0.845. The Balaban J connectivity index is 3.28. The molecule has 0 aliphatic heterocycles. The van der Waals surface area contributed by atoms with Gasteiger partial charge in [0, 0.05) is 0 Å². The molecule has 1 aromatic rings. The van der Waals surface area contributed by atoms with E-state index in [1.165, 1.54) is 0 Å². The zero-order valence-electron chi connectivity index (χ0n) is 7.88. The topological polar surface area (TPSA) is 61.1 Å². The van der Waals surface area contributed by atoms with Gasteiger partial charge in [-0.05, 0) is 17.7 Å². The van der Waals surface area contributed by atoms with E-state index in [1.807, 2.05) is 0 Å². The summed E-state index contributed by atoms with van der Waals surface area (Å²) in [4.78, 5) is 10.4. The summed E-state index contributed by atoms with van der Waals surface area (Å²) in [6.07, 6.45) is -5.38. The highest BCUT2D eigenvalue weighted by Crippen LogP contribution is 2.32. The van der Waals surface area contributed by atoms with Gasteiger partial charge in [0.1, 0.15) is 0 Å². The van der Waals surface area contributed by atoms with Crippen LogP contribution in [0.15, 0.2) is 18.2 Å². The highest BCUT2D eigenvalue weighted by molar-refractivity contribution is 5.71. The van der Waals surface area contributed by atoms with Crippen LogP contribution in [0, 0.1) is 11.3 Å². The minimum absolute atomic E-state index is 0.151. The van der Waals surface area contributed by atoms with Crippen LogP contribution in [0.25, 0.3) is 0 Å². The summed E-state index contributed by atoms with van der Waals surface area (Å²) in [7, 11) is 0. The van der Waals surface area contributed by atoms with Crippen molar-refractivity contribution in [1.82, 2.24) is 0 Å². The van der Waals surface area contributed by atoms with Crippen molar-refractivity contribution in [2.75, 3.05) is 0 Å². The standard InChI is InChI=1S/C10H6F3NO2/c11-10(12,13)8-3-6(5-14)1-2-7(8)4-9(15)16/h1-3H,4H2,(H,15,16). The molecule has 1 rings (SSSR count). The molecule has 6 heteroatoms. The van der Waals surface area contributed by atoms with Gasteiger partial charge in [0.05, 0.1) is 23.6 Å². The van der Waals surface area contributed by atoms with Crippen molar-refractivity contribution in [2.24, 2.45) is 0 Å². The summed E-state index contributed by atoms with van der Waals surface area (Å²) in [5, 5.41) is 16.9. The molecule has 0 spiro atoms. The van der Waals surface area contributed by atoms with Gasteiger partial charge in [-0.3, -0.25) is 4.79 Å². The number of aliphatic carboxylic acids is 1. The van der Waals surface area contributed by atoms with Gasteiger partial charge in [-0.25, -0.2) is 0 Å². The van der Waals surface area contributed by atoms with E-state index in [4.69, 9.17) is 10.4 Å². The van der Waals surface area contributed by atoms with E-state index in [-0.39, 0.29) is 11.1 Å². The molecule has 1 N–H and O–H groups in total. The van der Waals surface area contributed by atoms with Crippen LogP contribution in [0.1, 0.15) is 16.7 Å². The van der Waals surface area contributed by atoms with Crippen LogP contribution in [-0.4, -0.2) is 11.1 Å². The number of nitriles is 1. The number of hydrogen-bond acceptors (Lipinski definition) is 2. The highest BCUT2D eigenvalue weighted by atomic mass is 19.4. The van der Waals surface area contributed by atoms with E-state index in [9.17, 15) is 18.0 Å². The van der Waals surface area contributed by atoms with Crippen LogP contribution in [0.2, 0.25) is 0 Å². The van der Waals surface area contributed by atoms with E-state index in [0.29, 0.717) is 6.07 Å². The average molecular weight is 229 g/mol.